The molecule has 0 aliphatic rings. The second-order valence-corrected chi connectivity index (χ2v) is 6.16. The molecule has 4 aromatic rings. The summed E-state index contributed by atoms with van der Waals surface area (Å²) in [6, 6.07) is 13.8. The lowest BCUT2D eigenvalue weighted by molar-refractivity contribution is 0.466. The predicted octanol–water partition coefficient (Wildman–Crippen LogP) is 3.99. The van der Waals surface area contributed by atoms with Crippen molar-refractivity contribution in [3.05, 3.63) is 66.1 Å². The van der Waals surface area contributed by atoms with Crippen LogP contribution in [0.2, 0.25) is 0 Å². The van der Waals surface area contributed by atoms with E-state index < -0.39 is 0 Å². The van der Waals surface area contributed by atoms with Crippen molar-refractivity contribution in [3.63, 3.8) is 0 Å². The predicted molar refractivity (Wildman–Crippen MR) is 89.2 cm³/mol. The zero-order chi connectivity index (χ0) is 15.6. The van der Waals surface area contributed by atoms with Gasteiger partial charge in [-0.1, -0.05) is 36.0 Å². The van der Waals surface area contributed by atoms with Crippen LogP contribution in [0.1, 0.15) is 11.3 Å². The van der Waals surface area contributed by atoms with Gasteiger partial charge in [0.2, 0.25) is 5.89 Å². The van der Waals surface area contributed by atoms with Gasteiger partial charge in [-0.3, -0.25) is 0 Å². The maximum absolute atomic E-state index is 5.69. The van der Waals surface area contributed by atoms with E-state index >= 15 is 0 Å². The Morgan fingerprint density at radius 2 is 1.91 bits per heavy atom. The minimum absolute atomic E-state index is 0.540. The summed E-state index contributed by atoms with van der Waals surface area (Å²) in [5.74, 6) is 1.23. The molecule has 3 aromatic heterocycles. The molecule has 1 aromatic carbocycles. The fourth-order valence-corrected chi connectivity index (χ4v) is 2.97. The molecular weight excluding hydrogens is 308 g/mol. The van der Waals surface area contributed by atoms with Crippen molar-refractivity contribution in [2.45, 2.75) is 17.9 Å². The number of hydrogen-bond donors (Lipinski definition) is 0. The number of thioether (sulfide) groups is 1. The Morgan fingerprint density at radius 1 is 1.04 bits per heavy atom. The van der Waals surface area contributed by atoms with Crippen molar-refractivity contribution in [1.82, 2.24) is 19.6 Å². The van der Waals surface area contributed by atoms with E-state index in [2.05, 4.69) is 34.4 Å². The van der Waals surface area contributed by atoms with Crippen LogP contribution in [0.15, 0.2) is 64.5 Å². The van der Waals surface area contributed by atoms with Gasteiger partial charge in [-0.25, -0.2) is 4.98 Å². The summed E-state index contributed by atoms with van der Waals surface area (Å²) in [6.45, 7) is 2.07. The van der Waals surface area contributed by atoms with E-state index in [1.807, 2.05) is 47.0 Å². The molecule has 0 fully saturated rings. The Bertz CT molecular complexity index is 946. The van der Waals surface area contributed by atoms with Gasteiger partial charge in [-0.15, -0.1) is 10.2 Å². The van der Waals surface area contributed by atoms with E-state index in [1.54, 1.807) is 0 Å². The van der Waals surface area contributed by atoms with E-state index in [4.69, 9.17) is 4.42 Å². The minimum atomic E-state index is 0.540. The average molecular weight is 322 g/mol. The summed E-state index contributed by atoms with van der Waals surface area (Å²) in [4.78, 5) is 4.59. The quantitative estimate of drug-likeness (QED) is 0.532. The van der Waals surface area contributed by atoms with Crippen molar-refractivity contribution in [1.29, 1.82) is 0 Å². The number of nitrogens with zero attached hydrogens (tertiary/aromatic N) is 4. The van der Waals surface area contributed by atoms with Crippen molar-refractivity contribution in [3.8, 4) is 11.5 Å². The summed E-state index contributed by atoms with van der Waals surface area (Å²) in [5.41, 5.74) is 4.07. The van der Waals surface area contributed by atoms with E-state index in [-0.39, 0.29) is 0 Å². The standard InChI is InChI=1S/C17H14N4OS/c1-12-7-8-15-18-14(10-21(15)9-12)11-23-17-20-19-16(22-17)13-5-3-2-4-6-13/h2-10H,11H2,1H3. The molecule has 0 radical (unpaired) electrons. The lowest BCUT2D eigenvalue weighted by atomic mass is 10.2. The van der Waals surface area contributed by atoms with Crippen LogP contribution >= 0.6 is 11.8 Å². The molecule has 0 unspecified atom stereocenters. The number of aryl methyl sites for hydroxylation is 1. The van der Waals surface area contributed by atoms with Crippen molar-refractivity contribution < 1.29 is 4.42 Å². The molecule has 0 bridgehead atoms. The first-order valence-corrected chi connectivity index (χ1v) is 8.22. The Kier molecular flexibility index (Phi) is 3.59. The molecule has 5 nitrogen and oxygen atoms in total. The smallest absolute Gasteiger partial charge is 0.277 e. The molecule has 0 N–H and O–H groups in total. The third kappa shape index (κ3) is 2.98. The van der Waals surface area contributed by atoms with Crippen LogP contribution in [0.4, 0.5) is 0 Å². The Balaban J connectivity index is 1.49. The molecule has 0 saturated carbocycles. The van der Waals surface area contributed by atoms with Gasteiger partial charge in [-0.05, 0) is 30.7 Å². The van der Waals surface area contributed by atoms with Crippen molar-refractivity contribution in [2.75, 3.05) is 0 Å². The average Bonchev–Trinajstić information content (AvgIpc) is 3.20. The van der Waals surface area contributed by atoms with E-state index in [1.165, 1.54) is 17.3 Å². The van der Waals surface area contributed by atoms with Crippen LogP contribution in [-0.2, 0) is 5.75 Å². The van der Waals surface area contributed by atoms with Gasteiger partial charge in [0, 0.05) is 23.7 Å². The maximum atomic E-state index is 5.69. The van der Waals surface area contributed by atoms with Gasteiger partial charge in [-0.2, -0.15) is 0 Å². The van der Waals surface area contributed by atoms with Crippen LogP contribution in [0, 0.1) is 6.92 Å². The van der Waals surface area contributed by atoms with Crippen LogP contribution in [-0.4, -0.2) is 19.6 Å². The minimum Gasteiger partial charge on any atom is -0.411 e. The highest BCUT2D eigenvalue weighted by Gasteiger charge is 2.10. The Labute approximate surface area is 137 Å². The molecule has 6 heteroatoms. The molecule has 0 atom stereocenters. The van der Waals surface area contributed by atoms with E-state index in [9.17, 15) is 0 Å². The summed E-state index contributed by atoms with van der Waals surface area (Å²) in [5, 5.41) is 8.73. The highest BCUT2D eigenvalue weighted by molar-refractivity contribution is 7.98. The van der Waals surface area contributed by atoms with E-state index in [0.717, 1.165) is 16.9 Å². The monoisotopic (exact) mass is 322 g/mol. The third-order valence-corrected chi connectivity index (χ3v) is 4.27. The summed E-state index contributed by atoms with van der Waals surface area (Å²) < 4.78 is 7.73. The molecule has 114 valence electrons. The summed E-state index contributed by atoms with van der Waals surface area (Å²) >= 11 is 1.49. The Hall–Kier alpha value is -2.60. The second kappa shape index (κ2) is 5.89. The van der Waals surface area contributed by atoms with E-state index in [0.29, 0.717) is 16.9 Å². The van der Waals surface area contributed by atoms with Crippen LogP contribution in [0.3, 0.4) is 0 Å². The Morgan fingerprint density at radius 3 is 2.78 bits per heavy atom. The SMILES string of the molecule is Cc1ccc2nc(CSc3nnc(-c4ccccc4)o3)cn2c1. The van der Waals surface area contributed by atoms with Gasteiger partial charge < -0.3 is 8.82 Å². The molecule has 4 rings (SSSR count). The first-order valence-electron chi connectivity index (χ1n) is 7.24. The molecular formula is C17H14N4OS. The number of imidazole rings is 1. The molecule has 0 amide bonds. The molecule has 0 aliphatic heterocycles. The van der Waals surface area contributed by atoms with Gasteiger partial charge in [0.25, 0.3) is 5.22 Å². The first kappa shape index (κ1) is 14.0. The number of pyridine rings is 1. The third-order valence-electron chi connectivity index (χ3n) is 3.42. The fraction of sp³-hybridized carbons (Fsp3) is 0.118. The van der Waals surface area contributed by atoms with Gasteiger partial charge in [0.05, 0.1) is 5.69 Å². The topological polar surface area (TPSA) is 56.2 Å². The normalized spacial score (nSPS) is 11.2. The molecule has 0 aliphatic carbocycles. The lowest BCUT2D eigenvalue weighted by Gasteiger charge is -1.93. The second-order valence-electron chi connectivity index (χ2n) is 5.23. The number of aromatic nitrogens is 4. The van der Waals surface area contributed by atoms with Gasteiger partial charge >= 0.3 is 0 Å². The highest BCUT2D eigenvalue weighted by Crippen LogP contribution is 2.25. The number of fused-ring (bicyclic) bond motifs is 1. The fourth-order valence-electron chi connectivity index (χ4n) is 2.33. The first-order chi connectivity index (χ1) is 11.3. The van der Waals surface area contributed by atoms with Crippen LogP contribution in [0.25, 0.3) is 17.1 Å². The van der Waals surface area contributed by atoms with Crippen molar-refractivity contribution >= 4 is 17.4 Å². The lowest BCUT2D eigenvalue weighted by Crippen LogP contribution is -1.82. The van der Waals surface area contributed by atoms with Gasteiger partial charge in [0.15, 0.2) is 0 Å². The molecule has 0 spiro atoms. The summed E-state index contributed by atoms with van der Waals surface area (Å²) in [6.07, 6.45) is 4.10. The maximum Gasteiger partial charge on any atom is 0.277 e. The summed E-state index contributed by atoms with van der Waals surface area (Å²) in [7, 11) is 0. The largest absolute Gasteiger partial charge is 0.411 e. The molecule has 0 saturated heterocycles. The number of rotatable bonds is 4. The number of benzene rings is 1. The molecule has 23 heavy (non-hydrogen) atoms. The van der Waals surface area contributed by atoms with Gasteiger partial charge in [0.1, 0.15) is 5.65 Å². The molecule has 3 heterocycles. The highest BCUT2D eigenvalue weighted by atomic mass is 32.2. The zero-order valence-electron chi connectivity index (χ0n) is 12.5. The number of hydrogen-bond acceptors (Lipinski definition) is 5. The zero-order valence-corrected chi connectivity index (χ0v) is 13.3. The van der Waals surface area contributed by atoms with Crippen LogP contribution in [0.5, 0.6) is 0 Å². The van der Waals surface area contributed by atoms with Crippen LogP contribution < -0.4 is 0 Å². The van der Waals surface area contributed by atoms with Crippen molar-refractivity contribution in [2.24, 2.45) is 0 Å².